The number of primary sulfonamides is 1. The highest BCUT2D eigenvalue weighted by Gasteiger charge is 2.28. The zero-order valence-corrected chi connectivity index (χ0v) is 23.1. The van der Waals surface area contributed by atoms with Crippen LogP contribution in [0, 0.1) is 5.41 Å². The summed E-state index contributed by atoms with van der Waals surface area (Å²) in [4.78, 5) is 0. The van der Waals surface area contributed by atoms with Crippen LogP contribution in [-0.4, -0.2) is 22.4 Å². The van der Waals surface area contributed by atoms with E-state index in [9.17, 15) is 16.8 Å². The van der Waals surface area contributed by atoms with E-state index in [2.05, 4.69) is 25.5 Å². The third-order valence-corrected chi connectivity index (χ3v) is 6.60. The van der Waals surface area contributed by atoms with Gasteiger partial charge in [-0.05, 0) is 61.1 Å². The summed E-state index contributed by atoms with van der Waals surface area (Å²) >= 11 is 11.8. The minimum atomic E-state index is -3.58. The summed E-state index contributed by atoms with van der Waals surface area (Å²) < 4.78 is 48.2. The summed E-state index contributed by atoms with van der Waals surface area (Å²) in [5.74, 6) is 0. The lowest BCUT2D eigenvalue weighted by atomic mass is 9.82. The van der Waals surface area contributed by atoms with Crippen LogP contribution in [0.25, 0.3) is 12.2 Å². The minimum absolute atomic E-state index is 0.0402. The lowest BCUT2D eigenvalue weighted by molar-refractivity contribution is 0.270. The molecular formula is C24H32Cl2N2O4S2. The predicted molar refractivity (Wildman–Crippen MR) is 144 cm³/mol. The van der Waals surface area contributed by atoms with Gasteiger partial charge in [0, 0.05) is 26.4 Å². The minimum Gasteiger partial charge on any atom is -0.225 e. The molecule has 0 aliphatic rings. The van der Waals surface area contributed by atoms with Crippen molar-refractivity contribution in [2.45, 2.75) is 46.6 Å². The Morgan fingerprint density at radius 3 is 1.59 bits per heavy atom. The fraction of sp³-hybridized carbons (Fsp3) is 0.333. The number of hydrogen-bond donors (Lipinski definition) is 2. The quantitative estimate of drug-likeness (QED) is 0.441. The highest BCUT2D eigenvalue weighted by molar-refractivity contribution is 7.92. The summed E-state index contributed by atoms with van der Waals surface area (Å²) in [5.41, 5.74) is 0.830. The third-order valence-electron chi connectivity index (χ3n) is 4.07. The Morgan fingerprint density at radius 2 is 1.21 bits per heavy atom. The molecule has 2 aromatic rings. The molecule has 6 nitrogen and oxygen atoms in total. The molecule has 188 valence electrons. The lowest BCUT2D eigenvalue weighted by Crippen LogP contribution is -2.44. The molecule has 10 heteroatoms. The van der Waals surface area contributed by atoms with E-state index in [0.29, 0.717) is 21.2 Å². The van der Waals surface area contributed by atoms with Gasteiger partial charge < -0.3 is 0 Å². The molecule has 0 saturated carbocycles. The third kappa shape index (κ3) is 13.3. The summed E-state index contributed by atoms with van der Waals surface area (Å²) in [6.07, 6.45) is 3.61. The number of rotatable bonds is 7. The Labute approximate surface area is 214 Å². The number of benzene rings is 2. The van der Waals surface area contributed by atoms with E-state index >= 15 is 0 Å². The predicted octanol–water partition coefficient (Wildman–Crippen LogP) is 6.04. The van der Waals surface area contributed by atoms with E-state index in [1.165, 1.54) is 17.6 Å². The van der Waals surface area contributed by atoms with Crippen molar-refractivity contribution in [3.05, 3.63) is 80.5 Å². The Morgan fingerprint density at radius 1 is 0.794 bits per heavy atom. The molecule has 0 unspecified atom stereocenters. The Balaban J connectivity index is 0.000000380. The first kappa shape index (κ1) is 30.4. The normalized spacial score (nSPS) is 13.2. The van der Waals surface area contributed by atoms with Gasteiger partial charge in [-0.25, -0.2) is 26.7 Å². The Hall–Kier alpha value is -1.68. The lowest BCUT2D eigenvalue weighted by Gasteiger charge is -2.32. The van der Waals surface area contributed by atoms with E-state index in [4.69, 9.17) is 28.3 Å². The van der Waals surface area contributed by atoms with E-state index in [1.807, 2.05) is 19.9 Å². The van der Waals surface area contributed by atoms with E-state index in [0.717, 1.165) is 11.8 Å². The van der Waals surface area contributed by atoms with Crippen LogP contribution >= 0.6 is 23.2 Å². The fourth-order valence-corrected chi connectivity index (χ4v) is 5.30. The van der Waals surface area contributed by atoms with Crippen LogP contribution in [0.5, 0.6) is 0 Å². The Bertz CT molecular complexity index is 1230. The fourth-order valence-electron chi connectivity index (χ4n) is 3.33. The smallest absolute Gasteiger partial charge is 0.225 e. The topological polar surface area (TPSA) is 106 Å². The first-order valence-corrected chi connectivity index (χ1v) is 14.2. The van der Waals surface area contributed by atoms with Crippen LogP contribution in [-0.2, 0) is 20.0 Å². The van der Waals surface area contributed by atoms with E-state index in [1.54, 1.807) is 42.5 Å². The second-order valence-corrected chi connectivity index (χ2v) is 13.3. The Kier molecular flexibility index (Phi) is 11.0. The molecule has 2 aromatic carbocycles. The summed E-state index contributed by atoms with van der Waals surface area (Å²) in [5, 5.41) is 7.87. The second-order valence-electron chi connectivity index (χ2n) is 9.51. The van der Waals surface area contributed by atoms with E-state index in [-0.39, 0.29) is 5.41 Å². The van der Waals surface area contributed by atoms with Gasteiger partial charge in [0.1, 0.15) is 0 Å². The molecule has 0 heterocycles. The SMILES string of the molecule is CC(C)(C)CC(C)(C)NS(=O)(=O)/C=C/c1ccccc1Cl.NS(=O)(=O)/C=C/c1ccccc1Cl. The summed E-state index contributed by atoms with van der Waals surface area (Å²) in [7, 11) is -7.09. The number of nitrogens with one attached hydrogen (secondary N) is 1. The molecule has 3 N–H and O–H groups in total. The van der Waals surface area contributed by atoms with Gasteiger partial charge in [-0.1, -0.05) is 80.4 Å². The molecule has 34 heavy (non-hydrogen) atoms. The van der Waals surface area contributed by atoms with Crippen molar-refractivity contribution in [3.63, 3.8) is 0 Å². The molecule has 0 aliphatic carbocycles. The molecule has 2 rings (SSSR count). The number of hydrogen-bond acceptors (Lipinski definition) is 4. The maximum absolute atomic E-state index is 12.2. The molecular weight excluding hydrogens is 515 g/mol. The molecule has 0 bridgehead atoms. The van der Waals surface area contributed by atoms with Gasteiger partial charge in [-0.15, -0.1) is 0 Å². The van der Waals surface area contributed by atoms with Crippen LogP contribution < -0.4 is 9.86 Å². The van der Waals surface area contributed by atoms with Crippen LogP contribution in [0.3, 0.4) is 0 Å². The van der Waals surface area contributed by atoms with Crippen LogP contribution in [0.15, 0.2) is 59.3 Å². The summed E-state index contributed by atoms with van der Waals surface area (Å²) in [6.45, 7) is 10.0. The monoisotopic (exact) mass is 546 g/mol. The average molecular weight is 548 g/mol. The zero-order chi connectivity index (χ0) is 26.2. The van der Waals surface area contributed by atoms with Crippen molar-refractivity contribution < 1.29 is 16.8 Å². The maximum Gasteiger partial charge on any atom is 0.234 e. The van der Waals surface area contributed by atoms with Crippen molar-refractivity contribution in [1.29, 1.82) is 0 Å². The summed E-state index contributed by atoms with van der Waals surface area (Å²) in [6, 6.07) is 14.0. The highest BCUT2D eigenvalue weighted by Crippen LogP contribution is 2.27. The molecule has 0 atom stereocenters. The molecule has 0 saturated heterocycles. The first-order valence-electron chi connectivity index (χ1n) is 10.3. The average Bonchev–Trinajstić information content (AvgIpc) is 2.64. The number of halogens is 2. The van der Waals surface area contributed by atoms with Gasteiger partial charge >= 0.3 is 0 Å². The van der Waals surface area contributed by atoms with Crippen molar-refractivity contribution in [1.82, 2.24) is 4.72 Å². The van der Waals surface area contributed by atoms with Crippen molar-refractivity contribution in [2.24, 2.45) is 10.6 Å². The van der Waals surface area contributed by atoms with Gasteiger partial charge in [0.15, 0.2) is 0 Å². The van der Waals surface area contributed by atoms with E-state index < -0.39 is 25.6 Å². The van der Waals surface area contributed by atoms with Crippen molar-refractivity contribution in [3.8, 4) is 0 Å². The molecule has 0 spiro atoms. The van der Waals surface area contributed by atoms with Crippen LogP contribution in [0.1, 0.15) is 52.2 Å². The molecule has 0 amide bonds. The standard InChI is InChI=1S/C16H24ClNO2S.C8H8ClNO2S/c1-15(2,3)12-16(4,5)18-21(19,20)11-10-13-8-6-7-9-14(13)17;9-8-4-2-1-3-7(8)5-6-13(10,11)12/h6-11,18H,12H2,1-5H3;1-6H,(H2,10,11,12)/b11-10+;6-5+. The van der Waals surface area contributed by atoms with Gasteiger partial charge in [-0.3, -0.25) is 0 Å². The number of nitrogens with two attached hydrogens (primary N) is 1. The first-order chi connectivity index (χ1) is 15.4. The van der Waals surface area contributed by atoms with Gasteiger partial charge in [-0.2, -0.15) is 0 Å². The molecule has 0 aromatic heterocycles. The van der Waals surface area contributed by atoms with Gasteiger partial charge in [0.25, 0.3) is 0 Å². The number of sulfonamides is 2. The zero-order valence-electron chi connectivity index (χ0n) is 19.9. The van der Waals surface area contributed by atoms with Crippen LogP contribution in [0.2, 0.25) is 10.0 Å². The second kappa shape index (κ2) is 12.3. The van der Waals surface area contributed by atoms with Crippen LogP contribution in [0.4, 0.5) is 0 Å². The molecule has 0 aliphatic heterocycles. The van der Waals surface area contributed by atoms with Crippen molar-refractivity contribution >= 4 is 55.4 Å². The highest BCUT2D eigenvalue weighted by atomic mass is 35.5. The van der Waals surface area contributed by atoms with Crippen molar-refractivity contribution in [2.75, 3.05) is 0 Å². The van der Waals surface area contributed by atoms with Gasteiger partial charge in [0.05, 0.1) is 0 Å². The molecule has 0 radical (unpaired) electrons. The van der Waals surface area contributed by atoms with Gasteiger partial charge in [0.2, 0.25) is 20.0 Å². The largest absolute Gasteiger partial charge is 0.234 e. The maximum atomic E-state index is 12.2. The molecule has 0 fully saturated rings.